The summed E-state index contributed by atoms with van der Waals surface area (Å²) in [6.07, 6.45) is 5.25. The Kier molecular flexibility index (Phi) is 4.85. The molecule has 1 N–H and O–H groups in total. The highest BCUT2D eigenvalue weighted by atomic mass is 15.1. The monoisotopic (exact) mass is 206 g/mol. The summed E-state index contributed by atoms with van der Waals surface area (Å²) in [4.78, 5) is 4.10. The first-order chi connectivity index (χ1) is 7.31. The van der Waals surface area contributed by atoms with E-state index in [2.05, 4.69) is 34.8 Å². The summed E-state index contributed by atoms with van der Waals surface area (Å²) in [5.41, 5.74) is 1.17. The van der Waals surface area contributed by atoms with Crippen molar-refractivity contribution in [3.8, 4) is 6.07 Å². The summed E-state index contributed by atoms with van der Waals surface area (Å²) in [5.74, 6) is 0. The van der Waals surface area contributed by atoms with Gasteiger partial charge in [-0.1, -0.05) is 6.92 Å². The molecule has 0 aromatic carbocycles. The Morgan fingerprint density at radius 3 is 3.00 bits per heavy atom. The van der Waals surface area contributed by atoms with Crippen LogP contribution in [0.1, 0.15) is 32.4 Å². The van der Waals surface area contributed by atoms with E-state index in [0.29, 0.717) is 6.42 Å². The average molecular weight is 206 g/mol. The Morgan fingerprint density at radius 1 is 1.60 bits per heavy atom. The minimum atomic E-state index is 0.287. The van der Waals surface area contributed by atoms with Crippen LogP contribution < -0.4 is 5.32 Å². The lowest BCUT2D eigenvalue weighted by atomic mass is 10.1. The first-order valence-electron chi connectivity index (χ1n) is 5.41. The highest BCUT2D eigenvalue weighted by molar-refractivity contribution is 4.98. The van der Waals surface area contributed by atoms with Crippen LogP contribution in [0, 0.1) is 11.3 Å². The molecule has 1 rings (SSSR count). The first-order valence-corrected chi connectivity index (χ1v) is 5.41. The second-order valence-corrected chi connectivity index (χ2v) is 3.52. The van der Waals surface area contributed by atoms with Crippen molar-refractivity contribution < 1.29 is 0 Å². The minimum absolute atomic E-state index is 0.287. The van der Waals surface area contributed by atoms with Gasteiger partial charge in [0.2, 0.25) is 0 Å². The Hall–Kier alpha value is -1.34. The Morgan fingerprint density at radius 2 is 2.40 bits per heavy atom. The van der Waals surface area contributed by atoms with Gasteiger partial charge < -0.3 is 9.88 Å². The van der Waals surface area contributed by atoms with E-state index in [9.17, 15) is 0 Å². The third-order valence-electron chi connectivity index (χ3n) is 2.54. The van der Waals surface area contributed by atoms with E-state index in [0.717, 1.165) is 19.5 Å². The zero-order valence-corrected chi connectivity index (χ0v) is 9.40. The molecule has 0 bridgehead atoms. The molecule has 0 amide bonds. The van der Waals surface area contributed by atoms with Gasteiger partial charge in [0.15, 0.2) is 0 Å². The van der Waals surface area contributed by atoms with Crippen molar-refractivity contribution in [2.45, 2.75) is 45.8 Å². The van der Waals surface area contributed by atoms with Crippen LogP contribution in [0.15, 0.2) is 12.5 Å². The van der Waals surface area contributed by atoms with Crippen molar-refractivity contribution in [2.75, 3.05) is 0 Å². The molecule has 1 heterocycles. The molecule has 0 saturated heterocycles. The third kappa shape index (κ3) is 3.37. The third-order valence-corrected chi connectivity index (χ3v) is 2.54. The van der Waals surface area contributed by atoms with Crippen LogP contribution in [0.3, 0.4) is 0 Å². The van der Waals surface area contributed by atoms with Crippen molar-refractivity contribution in [1.29, 1.82) is 5.26 Å². The molecule has 4 nitrogen and oxygen atoms in total. The highest BCUT2D eigenvalue weighted by Crippen LogP contribution is 2.02. The largest absolute Gasteiger partial charge is 0.334 e. The van der Waals surface area contributed by atoms with E-state index >= 15 is 0 Å². The summed E-state index contributed by atoms with van der Waals surface area (Å²) < 4.78 is 2.10. The second kappa shape index (κ2) is 6.20. The summed E-state index contributed by atoms with van der Waals surface area (Å²) in [6, 6.07) is 2.48. The highest BCUT2D eigenvalue weighted by Gasteiger charge is 2.06. The van der Waals surface area contributed by atoms with Crippen LogP contribution in [0.25, 0.3) is 0 Å². The van der Waals surface area contributed by atoms with Crippen molar-refractivity contribution >= 4 is 0 Å². The molecule has 0 saturated carbocycles. The van der Waals surface area contributed by atoms with Gasteiger partial charge in [-0.2, -0.15) is 5.26 Å². The van der Waals surface area contributed by atoms with E-state index in [1.54, 1.807) is 0 Å². The molecule has 1 unspecified atom stereocenters. The van der Waals surface area contributed by atoms with Crippen LogP contribution in [0.5, 0.6) is 0 Å². The molecule has 4 heteroatoms. The normalized spacial score (nSPS) is 12.3. The van der Waals surface area contributed by atoms with E-state index in [4.69, 9.17) is 5.26 Å². The minimum Gasteiger partial charge on any atom is -0.334 e. The molecular weight excluding hydrogens is 188 g/mol. The van der Waals surface area contributed by atoms with E-state index < -0.39 is 0 Å². The lowest BCUT2D eigenvalue weighted by molar-refractivity contribution is 0.492. The Labute approximate surface area is 90.9 Å². The van der Waals surface area contributed by atoms with Crippen molar-refractivity contribution in [1.82, 2.24) is 14.9 Å². The molecule has 0 aliphatic rings. The van der Waals surface area contributed by atoms with E-state index in [1.807, 2.05) is 12.5 Å². The Bertz CT molecular complexity index is 324. The summed E-state index contributed by atoms with van der Waals surface area (Å²) in [7, 11) is 0. The van der Waals surface area contributed by atoms with Gasteiger partial charge in [-0.05, 0) is 13.3 Å². The number of hydrogen-bond donors (Lipinski definition) is 1. The van der Waals surface area contributed by atoms with Gasteiger partial charge in [-0.3, -0.25) is 0 Å². The summed E-state index contributed by atoms with van der Waals surface area (Å²) in [6.45, 7) is 5.91. The van der Waals surface area contributed by atoms with Crippen LogP contribution in [-0.2, 0) is 13.1 Å². The molecule has 0 fully saturated rings. The number of nitrogens with zero attached hydrogens (tertiary/aromatic N) is 3. The summed E-state index contributed by atoms with van der Waals surface area (Å²) >= 11 is 0. The molecular formula is C11H18N4. The van der Waals surface area contributed by atoms with Gasteiger partial charge in [0.05, 0.1) is 24.5 Å². The lowest BCUT2D eigenvalue weighted by Crippen LogP contribution is -2.28. The quantitative estimate of drug-likeness (QED) is 0.770. The van der Waals surface area contributed by atoms with Gasteiger partial charge >= 0.3 is 0 Å². The van der Waals surface area contributed by atoms with Gasteiger partial charge in [-0.25, -0.2) is 4.98 Å². The smallest absolute Gasteiger partial charge is 0.0948 e. The van der Waals surface area contributed by atoms with Crippen LogP contribution in [0.4, 0.5) is 0 Å². The molecule has 1 aromatic heterocycles. The second-order valence-electron chi connectivity index (χ2n) is 3.52. The predicted molar refractivity (Wildman–Crippen MR) is 59.0 cm³/mol. The molecule has 0 radical (unpaired) electrons. The topological polar surface area (TPSA) is 53.6 Å². The van der Waals surface area contributed by atoms with E-state index in [1.165, 1.54) is 5.69 Å². The van der Waals surface area contributed by atoms with E-state index in [-0.39, 0.29) is 6.04 Å². The molecule has 1 aromatic rings. The zero-order valence-electron chi connectivity index (χ0n) is 9.40. The predicted octanol–water partition coefficient (Wildman–Crippen LogP) is 1.68. The molecule has 0 aliphatic carbocycles. The fourth-order valence-corrected chi connectivity index (χ4v) is 1.50. The zero-order chi connectivity index (χ0) is 11.1. The number of nitriles is 1. The lowest BCUT2D eigenvalue weighted by Gasteiger charge is -2.13. The maximum atomic E-state index is 8.62. The number of hydrogen-bond acceptors (Lipinski definition) is 3. The molecule has 0 spiro atoms. The van der Waals surface area contributed by atoms with Gasteiger partial charge in [0, 0.05) is 25.3 Å². The molecule has 0 aliphatic heterocycles. The first kappa shape index (κ1) is 11.7. The number of nitrogens with one attached hydrogen (secondary N) is 1. The number of rotatable bonds is 6. The molecule has 1 atom stereocenters. The fourth-order valence-electron chi connectivity index (χ4n) is 1.50. The van der Waals surface area contributed by atoms with Crippen molar-refractivity contribution in [2.24, 2.45) is 0 Å². The van der Waals surface area contributed by atoms with Crippen LogP contribution in [0.2, 0.25) is 0 Å². The molecule has 82 valence electrons. The van der Waals surface area contributed by atoms with Crippen molar-refractivity contribution in [3.63, 3.8) is 0 Å². The van der Waals surface area contributed by atoms with Crippen molar-refractivity contribution in [3.05, 3.63) is 18.2 Å². The number of aromatic nitrogens is 2. The standard InChI is InChI=1S/C11H18N4/c1-3-10(5-6-12)14-8-11-7-13-9-15(11)4-2/h7,9-10,14H,3-5,8H2,1-2H3. The fraction of sp³-hybridized carbons (Fsp3) is 0.636. The van der Waals surface area contributed by atoms with Crippen LogP contribution in [-0.4, -0.2) is 15.6 Å². The SMILES string of the molecule is CCC(CC#N)NCc1cncn1CC. The maximum absolute atomic E-state index is 8.62. The maximum Gasteiger partial charge on any atom is 0.0948 e. The summed E-state index contributed by atoms with van der Waals surface area (Å²) in [5, 5.41) is 12.0. The Balaban J connectivity index is 2.45. The average Bonchev–Trinajstić information content (AvgIpc) is 2.71. The molecule has 15 heavy (non-hydrogen) atoms. The van der Waals surface area contributed by atoms with Crippen LogP contribution >= 0.6 is 0 Å². The van der Waals surface area contributed by atoms with Gasteiger partial charge in [0.25, 0.3) is 0 Å². The van der Waals surface area contributed by atoms with Gasteiger partial charge in [-0.15, -0.1) is 0 Å². The number of aryl methyl sites for hydroxylation is 1. The number of imidazole rings is 1. The van der Waals surface area contributed by atoms with Gasteiger partial charge in [0.1, 0.15) is 0 Å².